The number of halogens is 2. The van der Waals surface area contributed by atoms with E-state index in [9.17, 15) is 19.3 Å². The molecule has 3 aromatic carbocycles. The number of nitrogens with one attached hydrogen (secondary N) is 2. The number of carbonyl (C=O) groups is 1. The van der Waals surface area contributed by atoms with Crippen molar-refractivity contribution in [2.45, 2.75) is 6.04 Å². The fraction of sp³-hybridized carbons (Fsp3) is 0.0385. The van der Waals surface area contributed by atoms with Crippen molar-refractivity contribution >= 4 is 46.9 Å². The lowest BCUT2D eigenvalue weighted by atomic mass is 10.0. The Kier molecular flexibility index (Phi) is 6.48. The molecule has 1 aliphatic heterocycles. The van der Waals surface area contributed by atoms with Crippen LogP contribution in [0, 0.1) is 15.9 Å². The molecule has 9 nitrogen and oxygen atoms in total. The molecule has 0 aliphatic carbocycles. The van der Waals surface area contributed by atoms with E-state index in [1.807, 2.05) is 18.2 Å². The number of hydrogen-bond donors (Lipinski definition) is 2. The van der Waals surface area contributed by atoms with Gasteiger partial charge in [-0.25, -0.2) is 9.07 Å². The van der Waals surface area contributed by atoms with Gasteiger partial charge in [0.25, 0.3) is 17.5 Å². The average Bonchev–Trinajstić information content (AvgIpc) is 3.30. The molecule has 0 radical (unpaired) electrons. The summed E-state index contributed by atoms with van der Waals surface area (Å²) in [6.45, 7) is 0. The summed E-state index contributed by atoms with van der Waals surface area (Å²) < 4.78 is 15.2. The maximum Gasteiger partial charge on any atom is 0.270 e. The van der Waals surface area contributed by atoms with Crippen molar-refractivity contribution in [1.82, 2.24) is 14.8 Å². The van der Waals surface area contributed by atoms with Gasteiger partial charge in [0.05, 0.1) is 4.92 Å². The van der Waals surface area contributed by atoms with E-state index in [1.165, 1.54) is 42.5 Å². The SMILES string of the molecule is O=C(C=Cc1cccc([N+](=O)[O-])c1)Nc1nc2n(n1)C(c1ccc(F)cc1)C=C(c1ccc(Cl)cc1)N2. The topological polar surface area (TPSA) is 115 Å². The van der Waals surface area contributed by atoms with E-state index in [1.54, 1.807) is 35.0 Å². The van der Waals surface area contributed by atoms with Gasteiger partial charge in [-0.3, -0.25) is 20.2 Å². The van der Waals surface area contributed by atoms with Gasteiger partial charge < -0.3 is 5.32 Å². The summed E-state index contributed by atoms with van der Waals surface area (Å²) in [5.41, 5.74) is 2.79. The van der Waals surface area contributed by atoms with Gasteiger partial charge in [-0.1, -0.05) is 48.0 Å². The molecule has 184 valence electrons. The molecule has 0 bridgehead atoms. The van der Waals surface area contributed by atoms with Crippen molar-refractivity contribution in [3.8, 4) is 0 Å². The Morgan fingerprint density at radius 1 is 1.14 bits per heavy atom. The highest BCUT2D eigenvalue weighted by molar-refractivity contribution is 6.30. The van der Waals surface area contributed by atoms with Crippen LogP contribution in [0.5, 0.6) is 0 Å². The second-order valence-corrected chi connectivity index (χ2v) is 8.52. The second kappa shape index (κ2) is 10.0. The van der Waals surface area contributed by atoms with E-state index in [4.69, 9.17) is 11.6 Å². The number of rotatable bonds is 6. The molecule has 1 unspecified atom stereocenters. The first-order valence-electron chi connectivity index (χ1n) is 11.1. The molecule has 0 spiro atoms. The number of allylic oxidation sites excluding steroid dienone is 1. The van der Waals surface area contributed by atoms with Crippen LogP contribution in [0.25, 0.3) is 11.8 Å². The van der Waals surface area contributed by atoms with Gasteiger partial charge in [-0.05, 0) is 53.1 Å². The van der Waals surface area contributed by atoms with Crippen molar-refractivity contribution in [2.75, 3.05) is 10.6 Å². The number of anilines is 2. The lowest BCUT2D eigenvalue weighted by Gasteiger charge is -2.24. The highest BCUT2D eigenvalue weighted by Crippen LogP contribution is 2.33. The third kappa shape index (κ3) is 5.39. The van der Waals surface area contributed by atoms with Gasteiger partial charge in [-0.2, -0.15) is 4.98 Å². The van der Waals surface area contributed by atoms with Crippen molar-refractivity contribution < 1.29 is 14.1 Å². The minimum atomic E-state index is -0.515. The summed E-state index contributed by atoms with van der Waals surface area (Å²) in [7, 11) is 0. The third-order valence-electron chi connectivity index (χ3n) is 5.58. The fourth-order valence-electron chi connectivity index (χ4n) is 3.81. The minimum Gasteiger partial charge on any atom is -0.324 e. The van der Waals surface area contributed by atoms with Gasteiger partial charge in [0, 0.05) is 28.9 Å². The van der Waals surface area contributed by atoms with Crippen LogP contribution in [0.1, 0.15) is 22.7 Å². The van der Waals surface area contributed by atoms with Crippen LogP contribution in [0.2, 0.25) is 5.02 Å². The van der Waals surface area contributed by atoms with E-state index < -0.39 is 16.9 Å². The Labute approximate surface area is 215 Å². The smallest absolute Gasteiger partial charge is 0.270 e. The number of fused-ring (bicyclic) bond motifs is 1. The Bertz CT molecular complexity index is 1550. The maximum atomic E-state index is 13.6. The van der Waals surface area contributed by atoms with Crippen LogP contribution in [0.15, 0.2) is 84.9 Å². The van der Waals surface area contributed by atoms with Crippen LogP contribution in [0.4, 0.5) is 22.0 Å². The first-order valence-corrected chi connectivity index (χ1v) is 11.4. The summed E-state index contributed by atoms with van der Waals surface area (Å²) in [4.78, 5) is 27.4. The Morgan fingerprint density at radius 2 is 1.89 bits per heavy atom. The number of amides is 1. The van der Waals surface area contributed by atoms with Gasteiger partial charge in [0.1, 0.15) is 11.9 Å². The van der Waals surface area contributed by atoms with Gasteiger partial charge in [0.2, 0.25) is 5.95 Å². The third-order valence-corrected chi connectivity index (χ3v) is 5.83. The lowest BCUT2D eigenvalue weighted by molar-refractivity contribution is -0.384. The lowest BCUT2D eigenvalue weighted by Crippen LogP contribution is -2.20. The molecule has 0 fully saturated rings. The molecule has 2 heterocycles. The zero-order valence-corrected chi connectivity index (χ0v) is 19.8. The summed E-state index contributed by atoms with van der Waals surface area (Å²) in [6.07, 6.45) is 4.62. The van der Waals surface area contributed by atoms with Crippen LogP contribution in [-0.2, 0) is 4.79 Å². The number of nitro groups is 1. The molecule has 4 aromatic rings. The van der Waals surface area contributed by atoms with Crippen molar-refractivity contribution in [3.63, 3.8) is 0 Å². The molecule has 1 atom stereocenters. The van der Waals surface area contributed by atoms with Gasteiger partial charge >= 0.3 is 0 Å². The molecule has 37 heavy (non-hydrogen) atoms. The monoisotopic (exact) mass is 516 g/mol. The molecule has 1 aliphatic rings. The average molecular weight is 517 g/mol. The Balaban J connectivity index is 1.41. The van der Waals surface area contributed by atoms with Gasteiger partial charge in [-0.15, -0.1) is 5.10 Å². The number of carbonyl (C=O) groups excluding carboxylic acids is 1. The molecular weight excluding hydrogens is 499 g/mol. The molecule has 0 saturated carbocycles. The number of nitro benzene ring substituents is 1. The van der Waals surface area contributed by atoms with E-state index in [0.29, 0.717) is 16.5 Å². The zero-order valence-electron chi connectivity index (χ0n) is 19.0. The number of aromatic nitrogens is 3. The first-order chi connectivity index (χ1) is 17.9. The summed E-state index contributed by atoms with van der Waals surface area (Å²) >= 11 is 6.03. The van der Waals surface area contributed by atoms with Crippen molar-refractivity contribution in [2.24, 2.45) is 0 Å². The van der Waals surface area contributed by atoms with Crippen LogP contribution >= 0.6 is 11.6 Å². The predicted molar refractivity (Wildman–Crippen MR) is 138 cm³/mol. The first kappa shape index (κ1) is 23.9. The minimum absolute atomic E-state index is 0.0501. The molecular formula is C26H18ClFN6O3. The molecule has 0 saturated heterocycles. The van der Waals surface area contributed by atoms with E-state index >= 15 is 0 Å². The number of non-ortho nitro benzene ring substituents is 1. The summed E-state index contributed by atoms with van der Waals surface area (Å²) in [5.74, 6) is -0.450. The number of benzene rings is 3. The number of nitrogens with zero attached hydrogens (tertiary/aromatic N) is 4. The summed E-state index contributed by atoms with van der Waals surface area (Å²) in [6, 6.07) is 18.8. The van der Waals surface area contributed by atoms with Crippen LogP contribution in [0.3, 0.4) is 0 Å². The van der Waals surface area contributed by atoms with Crippen molar-refractivity contribution in [1.29, 1.82) is 0 Å². The summed E-state index contributed by atoms with van der Waals surface area (Å²) in [5, 5.41) is 21.8. The number of hydrogen-bond acceptors (Lipinski definition) is 6. The van der Waals surface area contributed by atoms with Crippen molar-refractivity contribution in [3.05, 3.63) is 123 Å². The highest BCUT2D eigenvalue weighted by atomic mass is 35.5. The van der Waals surface area contributed by atoms with E-state index in [0.717, 1.165) is 16.8 Å². The second-order valence-electron chi connectivity index (χ2n) is 8.09. The quantitative estimate of drug-likeness (QED) is 0.193. The Morgan fingerprint density at radius 3 is 2.62 bits per heavy atom. The standard InChI is InChI=1S/C26H18ClFN6O3/c27-19-9-5-17(6-10-19)22-15-23(18-7-11-20(28)12-8-18)33-26(29-22)31-25(32-33)30-24(35)13-4-16-2-1-3-21(14-16)34(36)37/h1-15,23H,(H2,29,30,31,32,35). The molecule has 1 aromatic heterocycles. The maximum absolute atomic E-state index is 13.6. The van der Waals surface area contributed by atoms with Gasteiger partial charge in [0.15, 0.2) is 0 Å². The molecule has 5 rings (SSSR count). The zero-order chi connectivity index (χ0) is 25.9. The predicted octanol–water partition coefficient (Wildman–Crippen LogP) is 5.69. The van der Waals surface area contributed by atoms with E-state index in [2.05, 4.69) is 20.7 Å². The van der Waals surface area contributed by atoms with E-state index in [-0.39, 0.29) is 17.5 Å². The largest absolute Gasteiger partial charge is 0.324 e. The molecule has 2 N–H and O–H groups in total. The van der Waals surface area contributed by atoms with Crippen LogP contribution in [-0.4, -0.2) is 25.6 Å². The highest BCUT2D eigenvalue weighted by Gasteiger charge is 2.25. The molecule has 11 heteroatoms. The normalized spacial score (nSPS) is 14.5. The molecule has 1 amide bonds. The fourth-order valence-corrected chi connectivity index (χ4v) is 3.93. The Hall–Kier alpha value is -4.83. The van der Waals surface area contributed by atoms with Crippen LogP contribution < -0.4 is 10.6 Å².